The first-order valence-corrected chi connectivity index (χ1v) is 24.7. The highest BCUT2D eigenvalue weighted by Crippen LogP contribution is 2.45. The van der Waals surface area contributed by atoms with Gasteiger partial charge >= 0.3 is 0 Å². The molecule has 5 aliphatic rings. The average molecular weight is 982 g/mol. The summed E-state index contributed by atoms with van der Waals surface area (Å²) in [5.41, 5.74) is 4.70. The van der Waals surface area contributed by atoms with Gasteiger partial charge in [0.25, 0.3) is 5.91 Å². The number of nitrogens with zero attached hydrogens (tertiary/aromatic N) is 11. The van der Waals surface area contributed by atoms with Crippen molar-refractivity contribution in [3.05, 3.63) is 95.7 Å². The Morgan fingerprint density at radius 1 is 0.930 bits per heavy atom. The van der Waals surface area contributed by atoms with Crippen LogP contribution in [0.3, 0.4) is 0 Å². The van der Waals surface area contributed by atoms with Crippen LogP contribution >= 0.6 is 11.6 Å². The second-order valence-electron chi connectivity index (χ2n) is 19.9. The first-order chi connectivity index (χ1) is 34.4. The summed E-state index contributed by atoms with van der Waals surface area (Å²) in [6, 6.07) is 12.8. The number of nitriles is 1. The summed E-state index contributed by atoms with van der Waals surface area (Å²) >= 11 is 6.27. The number of benzene rings is 1. The molecule has 2 unspecified atom stereocenters. The molecule has 2 saturated carbocycles. The molecule has 3 amide bonds. The molecule has 5 aromatic heterocycles. The van der Waals surface area contributed by atoms with Gasteiger partial charge in [0.15, 0.2) is 0 Å². The SMILES string of the molecule is COc1cc(N2CCN(C3CCC(n4cc(-c5cn6ncc(C#N)c6c(-c6ccc(N7C[C@@H]8CC(C)(NC(=O)c9ncccc9Cl)C[C@@H]8C7)nc6)n5)cn4)CC3)CC2)c(F)cc1NC1CCC(=O)NC1=O. The number of hydrogen-bond donors (Lipinski definition) is 3. The molecule has 6 aromatic rings. The Bertz CT molecular complexity index is 3050. The Labute approximate surface area is 414 Å². The summed E-state index contributed by atoms with van der Waals surface area (Å²) in [6.45, 7) is 6.72. The molecule has 8 heterocycles. The lowest BCUT2D eigenvalue weighted by Crippen LogP contribution is -2.51. The van der Waals surface area contributed by atoms with E-state index in [0.29, 0.717) is 82.0 Å². The second kappa shape index (κ2) is 18.9. The molecule has 20 heteroatoms. The molecule has 18 nitrogen and oxygen atoms in total. The minimum Gasteiger partial charge on any atom is -0.495 e. The zero-order chi connectivity index (χ0) is 49.0. The third-order valence-electron chi connectivity index (χ3n) is 15.3. The van der Waals surface area contributed by atoms with Gasteiger partial charge in [-0.05, 0) is 88.0 Å². The molecule has 5 fully saturated rings. The second-order valence-corrected chi connectivity index (χ2v) is 20.3. The lowest BCUT2D eigenvalue weighted by atomic mass is 9.90. The highest BCUT2D eigenvalue weighted by Gasteiger charge is 2.48. The predicted octanol–water partition coefficient (Wildman–Crippen LogP) is 6.28. The molecular formula is C51H54ClFN14O4. The predicted molar refractivity (Wildman–Crippen MR) is 264 cm³/mol. The number of hydrogen-bond acceptors (Lipinski definition) is 14. The first kappa shape index (κ1) is 46.2. The molecule has 0 radical (unpaired) electrons. The van der Waals surface area contributed by atoms with Crippen LogP contribution in [-0.2, 0) is 9.59 Å². The summed E-state index contributed by atoms with van der Waals surface area (Å²) in [7, 11) is 1.52. The van der Waals surface area contributed by atoms with Gasteiger partial charge in [0.2, 0.25) is 11.8 Å². The third kappa shape index (κ3) is 9.10. The maximum Gasteiger partial charge on any atom is 0.271 e. The smallest absolute Gasteiger partial charge is 0.271 e. The van der Waals surface area contributed by atoms with Crippen LogP contribution in [0.1, 0.15) is 80.4 Å². The van der Waals surface area contributed by atoms with Crippen molar-refractivity contribution >= 4 is 52.0 Å². The molecule has 4 atom stereocenters. The Balaban J connectivity index is 0.710. The van der Waals surface area contributed by atoms with E-state index in [9.17, 15) is 19.6 Å². The number of piperazine rings is 1. The number of imide groups is 1. The summed E-state index contributed by atoms with van der Waals surface area (Å²) in [6.07, 6.45) is 16.9. The van der Waals surface area contributed by atoms with Gasteiger partial charge in [-0.25, -0.2) is 23.9 Å². The summed E-state index contributed by atoms with van der Waals surface area (Å²) in [5, 5.41) is 28.4. The van der Waals surface area contributed by atoms with Crippen LogP contribution in [-0.4, -0.2) is 121 Å². The number of aromatic nitrogens is 7. The van der Waals surface area contributed by atoms with Crippen LogP contribution in [0.5, 0.6) is 5.75 Å². The number of nitrogens with one attached hydrogen (secondary N) is 3. The number of methoxy groups -OCH3 is 1. The Kier molecular flexibility index (Phi) is 12.3. The topological polar surface area (TPSA) is 204 Å². The molecule has 3 N–H and O–H groups in total. The monoisotopic (exact) mass is 980 g/mol. The number of piperidine rings is 1. The fourth-order valence-electron chi connectivity index (χ4n) is 11.7. The van der Waals surface area contributed by atoms with Crippen LogP contribution in [0.25, 0.3) is 28.0 Å². The van der Waals surface area contributed by atoms with E-state index in [1.54, 1.807) is 35.1 Å². The van der Waals surface area contributed by atoms with Gasteiger partial charge in [0, 0.05) is 99.1 Å². The normalized spacial score (nSPS) is 24.7. The molecule has 1 aromatic carbocycles. The minimum absolute atomic E-state index is 0.217. The fraction of sp³-hybridized carbons (Fsp3) is 0.431. The van der Waals surface area contributed by atoms with Crippen molar-refractivity contribution in [2.24, 2.45) is 11.8 Å². The quantitative estimate of drug-likeness (QED) is 0.122. The minimum atomic E-state index is -0.649. The van der Waals surface area contributed by atoms with E-state index in [4.69, 9.17) is 31.4 Å². The van der Waals surface area contributed by atoms with E-state index >= 15 is 4.39 Å². The van der Waals surface area contributed by atoms with Crippen LogP contribution in [0.2, 0.25) is 5.02 Å². The lowest BCUT2D eigenvalue weighted by Gasteiger charge is -2.42. The molecular weight excluding hydrogens is 927 g/mol. The van der Waals surface area contributed by atoms with Crippen molar-refractivity contribution in [3.63, 3.8) is 0 Å². The molecule has 2 aliphatic carbocycles. The number of fused-ring (bicyclic) bond motifs is 2. The molecule has 3 saturated heterocycles. The van der Waals surface area contributed by atoms with Crippen molar-refractivity contribution in [2.75, 3.05) is 61.5 Å². The van der Waals surface area contributed by atoms with Crippen LogP contribution < -0.4 is 30.5 Å². The third-order valence-corrected chi connectivity index (χ3v) is 15.6. The van der Waals surface area contributed by atoms with Gasteiger partial charge in [-0.1, -0.05) is 11.6 Å². The number of carbonyl (C=O) groups excluding carboxylic acids is 3. The van der Waals surface area contributed by atoms with Crippen LogP contribution in [0.4, 0.5) is 21.6 Å². The van der Waals surface area contributed by atoms with Gasteiger partial charge in [-0.15, -0.1) is 0 Å². The number of rotatable bonds is 11. The molecule has 71 heavy (non-hydrogen) atoms. The summed E-state index contributed by atoms with van der Waals surface area (Å²) in [5.74, 6) is 0.726. The van der Waals surface area contributed by atoms with Gasteiger partial charge < -0.3 is 25.2 Å². The number of amides is 3. The number of anilines is 3. The fourth-order valence-corrected chi connectivity index (χ4v) is 11.9. The zero-order valence-electron chi connectivity index (χ0n) is 39.5. The summed E-state index contributed by atoms with van der Waals surface area (Å²) in [4.78, 5) is 58.2. The van der Waals surface area contributed by atoms with E-state index in [1.807, 2.05) is 30.7 Å². The van der Waals surface area contributed by atoms with Gasteiger partial charge in [-0.2, -0.15) is 15.5 Å². The number of carbonyl (C=O) groups is 3. The molecule has 11 rings (SSSR count). The lowest BCUT2D eigenvalue weighted by molar-refractivity contribution is -0.133. The van der Waals surface area contributed by atoms with Gasteiger partial charge in [0.1, 0.15) is 46.3 Å². The van der Waals surface area contributed by atoms with Gasteiger partial charge in [-0.3, -0.25) is 29.3 Å². The Morgan fingerprint density at radius 3 is 2.41 bits per heavy atom. The van der Waals surface area contributed by atoms with E-state index < -0.39 is 17.8 Å². The Hall–Kier alpha value is -7.17. The largest absolute Gasteiger partial charge is 0.495 e. The average Bonchev–Trinajstić information content (AvgIpc) is 4.19. The van der Waals surface area contributed by atoms with Crippen molar-refractivity contribution < 1.29 is 23.5 Å². The highest BCUT2D eigenvalue weighted by atomic mass is 35.5. The van der Waals surface area contributed by atoms with Crippen LogP contribution in [0, 0.1) is 29.0 Å². The van der Waals surface area contributed by atoms with E-state index in [1.165, 1.54) is 13.2 Å². The zero-order valence-corrected chi connectivity index (χ0v) is 40.3. The number of ether oxygens (including phenoxy) is 1. The van der Waals surface area contributed by atoms with E-state index in [0.717, 1.165) is 81.6 Å². The molecule has 366 valence electrons. The standard InChI is InChI=1S/C51H54ClFN14O4/c1-51(62-50(70)47-37(52)4-3-13-55-47)20-31-26-65(27-32(31)21-51)44-11-5-30(23-56-44)46-48-33(22-54)24-58-67(48)29-41(60-46)34-25-57-66(28-34)36-8-6-35(7-9-36)63-14-16-64(17-15-63)42-19-43(71-2)40(18-38(42)53)59-39-10-12-45(68)61-49(39)69/h3-5,11,13,18-19,23-25,28-29,31-32,35-36,39,59H,6-10,12,14-17,20-21,26-27H2,1-2H3,(H,62,70)(H,61,68,69)/t31-,32+,35?,36?,39?,51?. The van der Waals surface area contributed by atoms with Crippen molar-refractivity contribution in [2.45, 2.75) is 82.0 Å². The molecule has 0 bridgehead atoms. The maximum atomic E-state index is 15.6. The van der Waals surface area contributed by atoms with Crippen molar-refractivity contribution in [1.29, 1.82) is 5.26 Å². The molecule has 0 spiro atoms. The Morgan fingerprint density at radius 2 is 1.70 bits per heavy atom. The van der Waals surface area contributed by atoms with E-state index in [2.05, 4.69) is 64.6 Å². The van der Waals surface area contributed by atoms with Crippen LogP contribution in [0.15, 0.2) is 73.6 Å². The molecule has 3 aliphatic heterocycles. The van der Waals surface area contributed by atoms with Crippen molar-refractivity contribution in [3.8, 4) is 34.3 Å². The maximum absolute atomic E-state index is 15.6. The van der Waals surface area contributed by atoms with Gasteiger partial charge in [0.05, 0.1) is 59.5 Å². The number of halogens is 2. The highest BCUT2D eigenvalue weighted by molar-refractivity contribution is 6.33. The summed E-state index contributed by atoms with van der Waals surface area (Å²) < 4.78 is 25.0. The van der Waals surface area contributed by atoms with E-state index in [-0.39, 0.29) is 35.5 Å². The first-order valence-electron chi connectivity index (χ1n) is 24.4. The van der Waals surface area contributed by atoms with Crippen molar-refractivity contribution in [1.82, 2.24) is 49.9 Å². The number of pyridine rings is 2.